The maximum atomic E-state index is 6.00. The molecule has 1 aliphatic carbocycles. The summed E-state index contributed by atoms with van der Waals surface area (Å²) in [5.41, 5.74) is 5.52. The van der Waals surface area contributed by atoms with Crippen LogP contribution in [0.5, 0.6) is 0 Å². The summed E-state index contributed by atoms with van der Waals surface area (Å²) in [5.74, 6) is 1.78. The second-order valence-electron chi connectivity index (χ2n) is 5.63. The number of nitrogens with zero attached hydrogens (tertiary/aromatic N) is 2. The fourth-order valence-electron chi connectivity index (χ4n) is 2.76. The molecular formula is C14H25N3O3. The smallest absolute Gasteiger partial charge is 0.246 e. The molecule has 1 aromatic rings. The van der Waals surface area contributed by atoms with Crippen molar-refractivity contribution in [1.29, 1.82) is 0 Å². The minimum atomic E-state index is -0.407. The van der Waals surface area contributed by atoms with Crippen molar-refractivity contribution < 1.29 is 14.0 Å². The van der Waals surface area contributed by atoms with E-state index in [1.807, 2.05) is 6.92 Å². The molecule has 20 heavy (non-hydrogen) atoms. The Balaban J connectivity index is 2.17. The highest BCUT2D eigenvalue weighted by molar-refractivity contribution is 5.05. The summed E-state index contributed by atoms with van der Waals surface area (Å²) in [6.07, 6.45) is 4.10. The predicted molar refractivity (Wildman–Crippen MR) is 74.0 cm³/mol. The molecule has 0 amide bonds. The summed E-state index contributed by atoms with van der Waals surface area (Å²) in [5, 5.41) is 4.11. The molecule has 1 heterocycles. The third kappa shape index (κ3) is 3.19. The van der Waals surface area contributed by atoms with Crippen molar-refractivity contribution in [2.45, 2.75) is 51.2 Å². The normalized spacial score (nSPS) is 28.5. The molecule has 2 N–H and O–H groups in total. The van der Waals surface area contributed by atoms with E-state index in [1.165, 1.54) is 0 Å². The molecule has 1 atom stereocenters. The van der Waals surface area contributed by atoms with Crippen molar-refractivity contribution in [2.75, 3.05) is 20.3 Å². The zero-order valence-corrected chi connectivity index (χ0v) is 12.6. The van der Waals surface area contributed by atoms with E-state index < -0.39 is 5.60 Å². The number of hydrogen-bond acceptors (Lipinski definition) is 6. The van der Waals surface area contributed by atoms with Crippen LogP contribution in [0.2, 0.25) is 0 Å². The molecule has 0 saturated heterocycles. The Labute approximate surface area is 120 Å². The van der Waals surface area contributed by atoms with Crippen LogP contribution in [0.1, 0.15) is 57.3 Å². The molecule has 0 bridgehead atoms. The van der Waals surface area contributed by atoms with Crippen molar-refractivity contribution in [3.63, 3.8) is 0 Å². The minimum Gasteiger partial charge on any atom is -0.383 e. The van der Waals surface area contributed by atoms with Gasteiger partial charge in [-0.25, -0.2) is 0 Å². The van der Waals surface area contributed by atoms with Crippen LogP contribution >= 0.6 is 0 Å². The molecule has 2 rings (SSSR count). The van der Waals surface area contributed by atoms with E-state index in [2.05, 4.69) is 17.1 Å². The lowest BCUT2D eigenvalue weighted by Crippen LogP contribution is -2.35. The van der Waals surface area contributed by atoms with Crippen molar-refractivity contribution >= 4 is 0 Å². The van der Waals surface area contributed by atoms with Crippen LogP contribution in [0.15, 0.2) is 4.52 Å². The topological polar surface area (TPSA) is 83.4 Å². The molecule has 0 spiro atoms. The highest BCUT2D eigenvalue weighted by Crippen LogP contribution is 2.41. The van der Waals surface area contributed by atoms with E-state index in [1.54, 1.807) is 7.11 Å². The predicted octanol–water partition coefficient (Wildman–Crippen LogP) is 2.16. The molecule has 0 aromatic carbocycles. The molecular weight excluding hydrogens is 258 g/mol. The molecule has 0 aliphatic heterocycles. The number of hydrogen-bond donors (Lipinski definition) is 1. The van der Waals surface area contributed by atoms with E-state index in [0.717, 1.165) is 31.6 Å². The van der Waals surface area contributed by atoms with E-state index in [4.69, 9.17) is 19.7 Å². The zero-order chi connectivity index (χ0) is 14.6. The number of rotatable bonds is 6. The number of aromatic nitrogens is 2. The first-order valence-electron chi connectivity index (χ1n) is 7.34. The van der Waals surface area contributed by atoms with Gasteiger partial charge in [0.2, 0.25) is 11.7 Å². The Morgan fingerprint density at radius 1 is 1.45 bits per heavy atom. The zero-order valence-electron chi connectivity index (χ0n) is 12.6. The van der Waals surface area contributed by atoms with E-state index in [9.17, 15) is 0 Å². The first kappa shape index (κ1) is 15.4. The first-order valence-corrected chi connectivity index (χ1v) is 7.34. The molecule has 6 heteroatoms. The van der Waals surface area contributed by atoms with E-state index in [0.29, 0.717) is 24.9 Å². The third-order valence-corrected chi connectivity index (χ3v) is 4.02. The molecule has 1 aliphatic rings. The minimum absolute atomic E-state index is 0.361. The largest absolute Gasteiger partial charge is 0.383 e. The van der Waals surface area contributed by atoms with Crippen LogP contribution in [-0.2, 0) is 15.1 Å². The van der Waals surface area contributed by atoms with Gasteiger partial charge in [-0.2, -0.15) is 4.98 Å². The van der Waals surface area contributed by atoms with Crippen molar-refractivity contribution in [3.05, 3.63) is 11.7 Å². The summed E-state index contributed by atoms with van der Waals surface area (Å²) in [7, 11) is 1.60. The fraction of sp³-hybridized carbons (Fsp3) is 0.857. The molecule has 6 nitrogen and oxygen atoms in total. The van der Waals surface area contributed by atoms with Crippen LogP contribution in [0.3, 0.4) is 0 Å². The fourth-order valence-corrected chi connectivity index (χ4v) is 2.76. The molecule has 0 radical (unpaired) electrons. The van der Waals surface area contributed by atoms with Gasteiger partial charge < -0.3 is 19.7 Å². The number of nitrogens with two attached hydrogens (primary N) is 1. The van der Waals surface area contributed by atoms with Gasteiger partial charge >= 0.3 is 0 Å². The molecule has 1 aromatic heterocycles. The van der Waals surface area contributed by atoms with Crippen LogP contribution in [0, 0.1) is 5.92 Å². The summed E-state index contributed by atoms with van der Waals surface area (Å²) >= 11 is 0. The highest BCUT2D eigenvalue weighted by Gasteiger charge is 2.41. The third-order valence-electron chi connectivity index (χ3n) is 4.02. The maximum absolute atomic E-state index is 6.00. The SMILES string of the molecule is CCOC1(c2noc(C(N)COC)n2)CCC(C)CC1. The Morgan fingerprint density at radius 3 is 2.75 bits per heavy atom. The van der Waals surface area contributed by atoms with Crippen molar-refractivity contribution in [3.8, 4) is 0 Å². The average molecular weight is 283 g/mol. The summed E-state index contributed by atoms with van der Waals surface area (Å²) < 4.78 is 16.3. The van der Waals surface area contributed by atoms with Gasteiger partial charge in [0.25, 0.3) is 0 Å². The molecule has 1 unspecified atom stereocenters. The molecule has 114 valence electrons. The Hall–Kier alpha value is -0.980. The lowest BCUT2D eigenvalue weighted by atomic mass is 9.79. The van der Waals surface area contributed by atoms with Crippen LogP contribution < -0.4 is 5.73 Å². The second-order valence-corrected chi connectivity index (χ2v) is 5.63. The van der Waals surface area contributed by atoms with Crippen LogP contribution in [0.4, 0.5) is 0 Å². The number of ether oxygens (including phenoxy) is 2. The highest BCUT2D eigenvalue weighted by atomic mass is 16.5. The standard InChI is InChI=1S/C14H25N3O3/c1-4-19-14(7-5-10(2)6-8-14)13-16-12(20-17-13)11(15)9-18-3/h10-11H,4-9,15H2,1-3H3. The van der Waals surface area contributed by atoms with Crippen LogP contribution in [-0.4, -0.2) is 30.5 Å². The van der Waals surface area contributed by atoms with E-state index >= 15 is 0 Å². The molecule has 1 fully saturated rings. The second kappa shape index (κ2) is 6.65. The van der Waals surface area contributed by atoms with Gasteiger partial charge in [-0.1, -0.05) is 12.1 Å². The first-order chi connectivity index (χ1) is 9.61. The Bertz CT molecular complexity index is 414. The summed E-state index contributed by atoms with van der Waals surface area (Å²) in [6, 6.07) is -0.387. The van der Waals surface area contributed by atoms with Gasteiger partial charge in [0.05, 0.1) is 6.61 Å². The van der Waals surface area contributed by atoms with Gasteiger partial charge in [-0.3, -0.25) is 0 Å². The molecule has 1 saturated carbocycles. The number of methoxy groups -OCH3 is 1. The Morgan fingerprint density at radius 2 is 2.15 bits per heavy atom. The van der Waals surface area contributed by atoms with E-state index in [-0.39, 0.29) is 6.04 Å². The van der Waals surface area contributed by atoms with Crippen molar-refractivity contribution in [1.82, 2.24) is 10.1 Å². The van der Waals surface area contributed by atoms with Gasteiger partial charge in [0.15, 0.2) is 0 Å². The summed E-state index contributed by atoms with van der Waals surface area (Å²) in [6.45, 7) is 5.27. The lowest BCUT2D eigenvalue weighted by molar-refractivity contribution is -0.0847. The average Bonchev–Trinajstić information content (AvgIpc) is 2.92. The lowest BCUT2D eigenvalue weighted by Gasteiger charge is -2.36. The van der Waals surface area contributed by atoms with Crippen molar-refractivity contribution in [2.24, 2.45) is 11.7 Å². The van der Waals surface area contributed by atoms with Gasteiger partial charge in [-0.15, -0.1) is 0 Å². The monoisotopic (exact) mass is 283 g/mol. The quantitative estimate of drug-likeness (QED) is 0.861. The van der Waals surface area contributed by atoms with Gasteiger partial charge in [0.1, 0.15) is 11.6 Å². The maximum Gasteiger partial charge on any atom is 0.246 e. The Kier molecular flexibility index (Phi) is 5.12. The van der Waals surface area contributed by atoms with Crippen LogP contribution in [0.25, 0.3) is 0 Å². The van der Waals surface area contributed by atoms with Gasteiger partial charge in [-0.05, 0) is 38.5 Å². The summed E-state index contributed by atoms with van der Waals surface area (Å²) in [4.78, 5) is 4.46. The van der Waals surface area contributed by atoms with Gasteiger partial charge in [0, 0.05) is 13.7 Å².